The Kier molecular flexibility index (Phi) is 6.95. The van der Waals surface area contributed by atoms with Crippen molar-refractivity contribution in [1.29, 1.82) is 0 Å². The number of phenolic OH excluding ortho intramolecular Hbond substituents is 1. The maximum atomic E-state index is 14.2. The molecule has 0 bridgehead atoms. The molecule has 3 rings (SSSR count). The van der Waals surface area contributed by atoms with Gasteiger partial charge in [-0.2, -0.15) is 13.2 Å². The van der Waals surface area contributed by atoms with Gasteiger partial charge in [-0.25, -0.2) is 21.2 Å². The molecule has 0 fully saturated rings. The number of rotatable bonds is 6. The quantitative estimate of drug-likeness (QED) is 0.466. The lowest BCUT2D eigenvalue weighted by Crippen LogP contribution is -2.38. The van der Waals surface area contributed by atoms with Crippen LogP contribution in [0.25, 0.3) is 0 Å². The normalized spacial score (nSPS) is 13.3. The topological polar surface area (TPSA) is 118 Å². The van der Waals surface area contributed by atoms with Gasteiger partial charge in [0, 0.05) is 6.07 Å². The molecule has 35 heavy (non-hydrogen) atoms. The van der Waals surface area contributed by atoms with Crippen molar-refractivity contribution in [1.82, 2.24) is 5.32 Å². The van der Waals surface area contributed by atoms with Crippen LogP contribution in [0.2, 0.25) is 0 Å². The van der Waals surface area contributed by atoms with Crippen molar-refractivity contribution in [2.45, 2.75) is 38.7 Å². The molecule has 1 amide bonds. The van der Waals surface area contributed by atoms with Crippen LogP contribution in [0.5, 0.6) is 5.75 Å². The van der Waals surface area contributed by atoms with Gasteiger partial charge in [-0.1, -0.05) is 24.3 Å². The number of phenols is 1. The molecule has 3 aromatic carbocycles. The van der Waals surface area contributed by atoms with Gasteiger partial charge in [-0.3, -0.25) is 4.79 Å². The summed E-state index contributed by atoms with van der Waals surface area (Å²) in [6.07, 6.45) is -5.10. The molecule has 0 aromatic heterocycles. The summed E-state index contributed by atoms with van der Waals surface area (Å²) in [6, 6.07) is 10.00. The Morgan fingerprint density at radius 2 is 1.46 bits per heavy atom. The predicted octanol–water partition coefficient (Wildman–Crippen LogP) is 3.94. The van der Waals surface area contributed by atoms with Gasteiger partial charge in [-0.05, 0) is 48.9 Å². The van der Waals surface area contributed by atoms with Crippen molar-refractivity contribution < 1.29 is 44.3 Å². The minimum absolute atomic E-state index is 0.145. The van der Waals surface area contributed by atoms with E-state index in [9.17, 15) is 44.3 Å². The molecule has 0 saturated heterocycles. The lowest BCUT2D eigenvalue weighted by atomic mass is 10.1. The van der Waals surface area contributed by atoms with Gasteiger partial charge in [0.1, 0.15) is 16.5 Å². The zero-order chi connectivity index (χ0) is 26.2. The minimum atomic E-state index is -5.10. The number of carbonyl (C=O) groups is 1. The Bertz CT molecular complexity index is 1490. The first-order valence-corrected chi connectivity index (χ1v) is 12.7. The van der Waals surface area contributed by atoms with E-state index in [2.05, 4.69) is 0 Å². The van der Waals surface area contributed by atoms with E-state index >= 15 is 0 Å². The third kappa shape index (κ3) is 5.30. The van der Waals surface area contributed by atoms with Gasteiger partial charge in [-0.15, -0.1) is 0 Å². The Morgan fingerprint density at radius 3 is 2.03 bits per heavy atom. The summed E-state index contributed by atoms with van der Waals surface area (Å²) < 4.78 is 104. The van der Waals surface area contributed by atoms with Gasteiger partial charge in [0.2, 0.25) is 19.7 Å². The molecule has 0 aliphatic rings. The summed E-state index contributed by atoms with van der Waals surface area (Å²) in [4.78, 5) is 8.29. The third-order valence-corrected chi connectivity index (χ3v) is 8.71. The molecule has 0 aliphatic heterocycles. The first kappa shape index (κ1) is 26.2. The number of alkyl halides is 3. The van der Waals surface area contributed by atoms with Gasteiger partial charge in [0.05, 0.1) is 20.7 Å². The van der Waals surface area contributed by atoms with E-state index in [1.807, 2.05) is 0 Å². The van der Waals surface area contributed by atoms with Crippen LogP contribution in [0.1, 0.15) is 18.5 Å². The molecule has 0 aliphatic carbocycles. The summed E-state index contributed by atoms with van der Waals surface area (Å²) in [5.41, 5.74) is 0.145. The van der Waals surface area contributed by atoms with Crippen molar-refractivity contribution in [2.24, 2.45) is 0 Å². The molecular formula is C22H17F4NO6S2. The highest BCUT2D eigenvalue weighted by molar-refractivity contribution is 7.94. The number of sulfone groups is 2. The molecule has 3 aromatic rings. The van der Waals surface area contributed by atoms with E-state index in [-0.39, 0.29) is 5.56 Å². The number of carbonyl (C=O) groups excluding carboxylic acids is 1. The summed E-state index contributed by atoms with van der Waals surface area (Å²) >= 11 is 0. The van der Waals surface area contributed by atoms with Gasteiger partial charge < -0.3 is 10.4 Å². The summed E-state index contributed by atoms with van der Waals surface area (Å²) in [5, 5.41) is 11.5. The molecule has 1 atom stereocenters. The van der Waals surface area contributed by atoms with Crippen LogP contribution < -0.4 is 5.32 Å². The summed E-state index contributed by atoms with van der Waals surface area (Å²) in [6.45, 7) is 1.26. The fourth-order valence-electron chi connectivity index (χ4n) is 3.13. The largest absolute Gasteiger partial charge is 0.508 e. The molecule has 0 unspecified atom stereocenters. The monoisotopic (exact) mass is 531 g/mol. The zero-order valence-corrected chi connectivity index (χ0v) is 19.4. The molecule has 0 heterocycles. The van der Waals surface area contributed by atoms with Gasteiger partial charge >= 0.3 is 12.1 Å². The van der Waals surface area contributed by atoms with Crippen LogP contribution in [0.15, 0.2) is 86.3 Å². The van der Waals surface area contributed by atoms with Crippen LogP contribution in [-0.4, -0.2) is 34.0 Å². The van der Waals surface area contributed by atoms with Crippen LogP contribution in [0.3, 0.4) is 0 Å². The van der Waals surface area contributed by atoms with Crippen LogP contribution in [-0.2, 0) is 24.5 Å². The average Bonchev–Trinajstić information content (AvgIpc) is 2.78. The van der Waals surface area contributed by atoms with Crippen LogP contribution in [0, 0.1) is 5.82 Å². The number of hydrogen-bond acceptors (Lipinski definition) is 6. The van der Waals surface area contributed by atoms with E-state index < -0.39 is 68.9 Å². The SMILES string of the molecule is C[C@H](NC(=O)C(F)(F)F)c1ccc(S(=O)(=O)c2ccc(O)cc2S(=O)(=O)c2ccccc2F)cc1. The third-order valence-electron chi connectivity index (χ3n) is 4.93. The molecule has 186 valence electrons. The van der Waals surface area contributed by atoms with E-state index in [1.165, 1.54) is 19.1 Å². The van der Waals surface area contributed by atoms with E-state index in [4.69, 9.17) is 0 Å². The number of nitrogens with one attached hydrogen (secondary N) is 1. The number of hydrogen-bond donors (Lipinski definition) is 2. The van der Waals surface area contributed by atoms with E-state index in [1.54, 1.807) is 5.32 Å². The van der Waals surface area contributed by atoms with Crippen molar-refractivity contribution in [2.75, 3.05) is 0 Å². The van der Waals surface area contributed by atoms with Crippen LogP contribution in [0.4, 0.5) is 17.6 Å². The molecule has 0 spiro atoms. The lowest BCUT2D eigenvalue weighted by molar-refractivity contribution is -0.174. The lowest BCUT2D eigenvalue weighted by Gasteiger charge is -2.16. The smallest absolute Gasteiger partial charge is 0.471 e. The maximum Gasteiger partial charge on any atom is 0.471 e. The molecule has 0 saturated carbocycles. The summed E-state index contributed by atoms with van der Waals surface area (Å²) in [5.74, 6) is -3.88. The van der Waals surface area contributed by atoms with Crippen molar-refractivity contribution in [3.8, 4) is 5.75 Å². The number of amides is 1. The van der Waals surface area contributed by atoms with E-state index in [0.717, 1.165) is 48.5 Å². The number of halogens is 4. The highest BCUT2D eigenvalue weighted by Crippen LogP contribution is 2.34. The zero-order valence-electron chi connectivity index (χ0n) is 17.7. The van der Waals surface area contributed by atoms with Gasteiger partial charge in [0.15, 0.2) is 0 Å². The Hall–Kier alpha value is -3.45. The highest BCUT2D eigenvalue weighted by atomic mass is 32.2. The summed E-state index contributed by atoms with van der Waals surface area (Å²) in [7, 11) is -9.29. The fraction of sp³-hybridized carbons (Fsp3) is 0.136. The molecule has 2 N–H and O–H groups in total. The fourth-order valence-corrected chi connectivity index (χ4v) is 6.54. The second kappa shape index (κ2) is 9.30. The van der Waals surface area contributed by atoms with Crippen molar-refractivity contribution in [3.05, 3.63) is 78.1 Å². The van der Waals surface area contributed by atoms with Crippen LogP contribution >= 0.6 is 0 Å². The Balaban J connectivity index is 2.04. The first-order chi connectivity index (χ1) is 16.2. The number of aromatic hydroxyl groups is 1. The molecule has 7 nitrogen and oxygen atoms in total. The second-order valence-electron chi connectivity index (χ2n) is 7.33. The highest BCUT2D eigenvalue weighted by Gasteiger charge is 2.39. The molecular weight excluding hydrogens is 514 g/mol. The molecule has 0 radical (unpaired) electrons. The maximum absolute atomic E-state index is 14.2. The van der Waals surface area contributed by atoms with Crippen molar-refractivity contribution in [3.63, 3.8) is 0 Å². The standard InChI is InChI=1S/C22H17F4NO6S2/c1-13(27-21(29)22(24,25)26)14-6-9-16(10-7-14)34(30,31)19-11-8-15(28)12-20(19)35(32,33)18-5-3-2-4-17(18)23/h2-13,28H,1H3,(H,27,29)/t13-/m0/s1. The first-order valence-electron chi connectivity index (χ1n) is 9.71. The second-order valence-corrected chi connectivity index (χ2v) is 11.1. The van der Waals surface area contributed by atoms with Crippen molar-refractivity contribution >= 4 is 25.6 Å². The molecule has 13 heteroatoms. The Labute approximate surface area is 197 Å². The number of benzene rings is 3. The minimum Gasteiger partial charge on any atom is -0.508 e. The predicted molar refractivity (Wildman–Crippen MR) is 114 cm³/mol. The Morgan fingerprint density at radius 1 is 0.857 bits per heavy atom. The van der Waals surface area contributed by atoms with E-state index in [0.29, 0.717) is 6.07 Å². The average molecular weight is 532 g/mol. The van der Waals surface area contributed by atoms with Gasteiger partial charge in [0.25, 0.3) is 0 Å².